The molecule has 32 heavy (non-hydrogen) atoms. The number of carbonyl (C=O) groups is 2. The van der Waals surface area contributed by atoms with Gasteiger partial charge in [0.05, 0.1) is 6.33 Å². The second kappa shape index (κ2) is 8.81. The van der Waals surface area contributed by atoms with Crippen LogP contribution in [-0.4, -0.2) is 26.7 Å². The van der Waals surface area contributed by atoms with Crippen molar-refractivity contribution in [3.05, 3.63) is 84.4 Å². The maximum atomic E-state index is 12.5. The molecule has 0 spiro atoms. The predicted molar refractivity (Wildman–Crippen MR) is 118 cm³/mol. The van der Waals surface area contributed by atoms with E-state index in [1.54, 1.807) is 36.1 Å². The molecule has 4 rings (SSSR count). The predicted octanol–water partition coefficient (Wildman–Crippen LogP) is 5.36. The number of imidazole rings is 1. The van der Waals surface area contributed by atoms with Crippen molar-refractivity contribution < 1.29 is 23.8 Å². The van der Waals surface area contributed by atoms with Gasteiger partial charge in [0.15, 0.2) is 0 Å². The van der Waals surface area contributed by atoms with Gasteiger partial charge in [-0.1, -0.05) is 54.6 Å². The number of carbonyl (C=O) groups excluding carboxylic acids is 1. The number of nitrogens with zero attached hydrogens (tertiary/aromatic N) is 2. The van der Waals surface area contributed by atoms with E-state index in [2.05, 4.69) is 10.3 Å². The Morgan fingerprint density at radius 2 is 1.72 bits per heavy atom. The smallest absolute Gasteiger partial charge is 0.413 e. The summed E-state index contributed by atoms with van der Waals surface area (Å²) in [5.41, 5.74) is 2.97. The highest BCUT2D eigenvalue weighted by atomic mass is 16.6. The van der Waals surface area contributed by atoms with Gasteiger partial charge in [0.2, 0.25) is 5.76 Å². The Kier molecular flexibility index (Phi) is 5.76. The summed E-state index contributed by atoms with van der Waals surface area (Å²) in [5.74, 6) is -0.296. The molecule has 1 amide bonds. The molecule has 1 atom stereocenters. The van der Waals surface area contributed by atoms with E-state index in [1.807, 2.05) is 49.4 Å². The zero-order valence-corrected chi connectivity index (χ0v) is 17.5. The topological polar surface area (TPSA) is 107 Å². The average Bonchev–Trinajstić information content (AvgIpc) is 3.42. The van der Waals surface area contributed by atoms with Gasteiger partial charge in [0.25, 0.3) is 0 Å². The fraction of sp³-hybridized carbons (Fsp3) is 0.125. The Morgan fingerprint density at radius 3 is 2.38 bits per heavy atom. The van der Waals surface area contributed by atoms with Gasteiger partial charge in [-0.05, 0) is 24.6 Å². The average molecular weight is 431 g/mol. The Labute approximate surface area is 184 Å². The van der Waals surface area contributed by atoms with Gasteiger partial charge in [-0.15, -0.1) is 0 Å². The summed E-state index contributed by atoms with van der Waals surface area (Å²) in [6.07, 6.45) is 0.612. The second-order valence-electron chi connectivity index (χ2n) is 7.18. The first kappa shape index (κ1) is 20.9. The molecular formula is C24H21N3O5. The number of benzene rings is 2. The fourth-order valence-electron chi connectivity index (χ4n) is 3.27. The first-order valence-electron chi connectivity index (χ1n) is 9.90. The molecule has 2 heterocycles. The number of furan rings is 1. The number of nitrogens with one attached hydrogen (secondary N) is 1. The maximum absolute atomic E-state index is 12.5. The van der Waals surface area contributed by atoms with Crippen molar-refractivity contribution in [2.45, 2.75) is 13.0 Å². The van der Waals surface area contributed by atoms with E-state index in [0.29, 0.717) is 17.3 Å². The molecule has 0 aliphatic rings. The minimum absolute atomic E-state index is 0.122. The van der Waals surface area contributed by atoms with Gasteiger partial charge in [0.1, 0.15) is 23.4 Å². The SMILES string of the molecule is CC(OC(=O)Nc1c(-c2ccc(-c3ccc(C(=O)O)o3)cc2)ncn1C)c1ccccc1. The van der Waals surface area contributed by atoms with E-state index in [0.717, 1.165) is 16.7 Å². The number of hydrogen-bond donors (Lipinski definition) is 2. The zero-order valence-electron chi connectivity index (χ0n) is 17.5. The van der Waals surface area contributed by atoms with Gasteiger partial charge >= 0.3 is 12.1 Å². The first-order chi connectivity index (χ1) is 15.4. The standard InChI is InChI=1S/C24H21N3O5/c1-15(16-6-4-3-5-7-16)31-24(30)26-22-21(25-14-27(22)2)18-10-8-17(9-11-18)19-12-13-20(32-19)23(28)29/h3-15H,1-2H3,(H,26,30)(H,28,29). The molecule has 0 fully saturated rings. The lowest BCUT2D eigenvalue weighted by molar-refractivity contribution is 0.0663. The van der Waals surface area contributed by atoms with Crippen LogP contribution in [0.15, 0.2) is 77.5 Å². The largest absolute Gasteiger partial charge is 0.475 e. The van der Waals surface area contributed by atoms with Crippen LogP contribution in [0.5, 0.6) is 0 Å². The van der Waals surface area contributed by atoms with E-state index < -0.39 is 18.2 Å². The van der Waals surface area contributed by atoms with Crippen LogP contribution in [0.2, 0.25) is 0 Å². The van der Waals surface area contributed by atoms with Crippen molar-refractivity contribution in [3.63, 3.8) is 0 Å². The normalized spacial score (nSPS) is 11.7. The van der Waals surface area contributed by atoms with Gasteiger partial charge < -0.3 is 18.8 Å². The monoisotopic (exact) mass is 431 g/mol. The minimum Gasteiger partial charge on any atom is -0.475 e. The number of hydrogen-bond acceptors (Lipinski definition) is 5. The zero-order chi connectivity index (χ0) is 22.7. The molecule has 1 unspecified atom stereocenters. The molecule has 2 aromatic heterocycles. The first-order valence-corrected chi connectivity index (χ1v) is 9.90. The van der Waals surface area contributed by atoms with Crippen LogP contribution in [0.3, 0.4) is 0 Å². The molecule has 2 aromatic carbocycles. The highest BCUT2D eigenvalue weighted by Crippen LogP contribution is 2.30. The van der Waals surface area contributed by atoms with Gasteiger partial charge in [0, 0.05) is 18.2 Å². The summed E-state index contributed by atoms with van der Waals surface area (Å²) in [5, 5.41) is 11.8. The molecule has 8 heteroatoms. The van der Waals surface area contributed by atoms with Gasteiger partial charge in [-0.2, -0.15) is 0 Å². The van der Waals surface area contributed by atoms with Crippen molar-refractivity contribution in [3.8, 4) is 22.6 Å². The molecule has 8 nitrogen and oxygen atoms in total. The Bertz CT molecular complexity index is 1240. The molecule has 0 saturated carbocycles. The number of ether oxygens (including phenoxy) is 1. The number of rotatable bonds is 6. The van der Waals surface area contributed by atoms with Crippen molar-refractivity contribution >= 4 is 17.9 Å². The quantitative estimate of drug-likeness (QED) is 0.426. The van der Waals surface area contributed by atoms with E-state index in [-0.39, 0.29) is 5.76 Å². The maximum Gasteiger partial charge on any atom is 0.413 e. The van der Waals surface area contributed by atoms with Crippen LogP contribution in [0.1, 0.15) is 29.1 Å². The summed E-state index contributed by atoms with van der Waals surface area (Å²) in [6, 6.07) is 19.7. The van der Waals surface area contributed by atoms with E-state index in [1.165, 1.54) is 6.07 Å². The summed E-state index contributed by atoms with van der Waals surface area (Å²) in [6.45, 7) is 1.81. The Balaban J connectivity index is 1.50. The van der Waals surface area contributed by atoms with Crippen LogP contribution in [-0.2, 0) is 11.8 Å². The second-order valence-corrected chi connectivity index (χ2v) is 7.18. The molecular weight excluding hydrogens is 410 g/mol. The lowest BCUT2D eigenvalue weighted by Crippen LogP contribution is -2.18. The number of aryl methyl sites for hydroxylation is 1. The van der Waals surface area contributed by atoms with E-state index in [9.17, 15) is 9.59 Å². The third-order valence-corrected chi connectivity index (χ3v) is 4.97. The number of anilines is 1. The Hall–Kier alpha value is -4.33. The lowest BCUT2D eigenvalue weighted by atomic mass is 10.1. The molecule has 0 aliphatic carbocycles. The fourth-order valence-corrected chi connectivity index (χ4v) is 3.27. The highest BCUT2D eigenvalue weighted by Gasteiger charge is 2.18. The van der Waals surface area contributed by atoms with Crippen LogP contribution < -0.4 is 5.32 Å². The number of amides is 1. The molecule has 0 bridgehead atoms. The summed E-state index contributed by atoms with van der Waals surface area (Å²) in [7, 11) is 1.78. The van der Waals surface area contributed by atoms with Crippen LogP contribution in [0.4, 0.5) is 10.6 Å². The van der Waals surface area contributed by atoms with Crippen molar-refractivity contribution in [1.29, 1.82) is 0 Å². The van der Waals surface area contributed by atoms with Crippen molar-refractivity contribution in [2.24, 2.45) is 7.05 Å². The molecule has 0 radical (unpaired) electrons. The summed E-state index contributed by atoms with van der Waals surface area (Å²) >= 11 is 0. The van der Waals surface area contributed by atoms with E-state index >= 15 is 0 Å². The van der Waals surface area contributed by atoms with Crippen LogP contribution >= 0.6 is 0 Å². The third kappa shape index (κ3) is 4.39. The lowest BCUT2D eigenvalue weighted by Gasteiger charge is -2.15. The van der Waals surface area contributed by atoms with Gasteiger partial charge in [-0.3, -0.25) is 5.32 Å². The molecule has 0 aliphatic heterocycles. The van der Waals surface area contributed by atoms with Crippen LogP contribution in [0.25, 0.3) is 22.6 Å². The number of aromatic carboxylic acids is 1. The molecule has 0 saturated heterocycles. The summed E-state index contributed by atoms with van der Waals surface area (Å²) in [4.78, 5) is 27.9. The number of carboxylic acids is 1. The van der Waals surface area contributed by atoms with Crippen molar-refractivity contribution in [2.75, 3.05) is 5.32 Å². The molecule has 4 aromatic rings. The third-order valence-electron chi connectivity index (χ3n) is 4.97. The number of carboxylic acid groups (broad SMARTS) is 1. The van der Waals surface area contributed by atoms with Crippen molar-refractivity contribution in [1.82, 2.24) is 9.55 Å². The van der Waals surface area contributed by atoms with E-state index in [4.69, 9.17) is 14.3 Å². The highest BCUT2D eigenvalue weighted by molar-refractivity contribution is 5.89. The summed E-state index contributed by atoms with van der Waals surface area (Å²) < 4.78 is 12.5. The number of aromatic nitrogens is 2. The van der Waals surface area contributed by atoms with Crippen LogP contribution in [0, 0.1) is 0 Å². The molecule has 162 valence electrons. The minimum atomic E-state index is -1.12. The van der Waals surface area contributed by atoms with Gasteiger partial charge in [-0.25, -0.2) is 14.6 Å². The molecule has 2 N–H and O–H groups in total. The Morgan fingerprint density at radius 1 is 1.03 bits per heavy atom.